The van der Waals surface area contributed by atoms with Gasteiger partial charge in [0.25, 0.3) is 0 Å². The van der Waals surface area contributed by atoms with Gasteiger partial charge in [-0.3, -0.25) is 0 Å². The predicted octanol–water partition coefficient (Wildman–Crippen LogP) is 2.85. The summed E-state index contributed by atoms with van der Waals surface area (Å²) in [7, 11) is 0. The van der Waals surface area contributed by atoms with Gasteiger partial charge in [-0.05, 0) is 58.2 Å². The highest BCUT2D eigenvalue weighted by Crippen LogP contribution is 2.20. The number of anilines is 1. The van der Waals surface area contributed by atoms with E-state index in [4.69, 9.17) is 0 Å². The first-order valence-electron chi connectivity index (χ1n) is 6.41. The Morgan fingerprint density at radius 3 is 2.59 bits per heavy atom. The van der Waals surface area contributed by atoms with Gasteiger partial charge in [0.2, 0.25) is 0 Å². The Labute approximate surface area is 104 Å². The van der Waals surface area contributed by atoms with Crippen molar-refractivity contribution >= 4 is 5.82 Å². The number of nitrogens with one attached hydrogen (secondary N) is 2. The second kappa shape index (κ2) is 4.65. The average Bonchev–Trinajstić information content (AvgIpc) is 2.94. The van der Waals surface area contributed by atoms with Crippen molar-refractivity contribution in [3.8, 4) is 0 Å². The summed E-state index contributed by atoms with van der Waals surface area (Å²) in [6, 6.07) is 5.05. The number of aryl methyl sites for hydroxylation is 1. The maximum absolute atomic E-state index is 4.52. The van der Waals surface area contributed by atoms with Crippen LogP contribution in [0, 0.1) is 6.92 Å². The largest absolute Gasteiger partial charge is 0.365 e. The number of nitrogens with zero attached hydrogens (tertiary/aromatic N) is 1. The molecule has 0 spiro atoms. The molecular weight excluding hydrogens is 210 g/mol. The van der Waals surface area contributed by atoms with Crippen LogP contribution in [0.1, 0.15) is 44.9 Å². The molecule has 0 aliphatic heterocycles. The second-order valence-corrected chi connectivity index (χ2v) is 6.03. The van der Waals surface area contributed by atoms with Crippen molar-refractivity contribution in [3.63, 3.8) is 0 Å². The van der Waals surface area contributed by atoms with E-state index in [0.717, 1.165) is 24.1 Å². The Kier molecular flexibility index (Phi) is 3.38. The van der Waals surface area contributed by atoms with E-state index in [1.54, 1.807) is 0 Å². The van der Waals surface area contributed by atoms with E-state index >= 15 is 0 Å². The molecule has 3 heteroatoms. The van der Waals surface area contributed by atoms with Crippen molar-refractivity contribution in [2.75, 3.05) is 5.32 Å². The monoisotopic (exact) mass is 233 g/mol. The zero-order chi connectivity index (χ0) is 12.5. The second-order valence-electron chi connectivity index (χ2n) is 6.03. The molecule has 0 bridgehead atoms. The molecule has 0 radical (unpaired) electrons. The van der Waals surface area contributed by atoms with E-state index in [0.29, 0.717) is 0 Å². The van der Waals surface area contributed by atoms with E-state index in [1.807, 2.05) is 0 Å². The first kappa shape index (κ1) is 12.4. The molecule has 1 aliphatic rings. The molecule has 1 aliphatic carbocycles. The maximum Gasteiger partial charge on any atom is 0.126 e. The third-order valence-corrected chi connectivity index (χ3v) is 2.69. The lowest BCUT2D eigenvalue weighted by molar-refractivity contribution is 0.629. The molecule has 1 aromatic rings. The Morgan fingerprint density at radius 2 is 2.00 bits per heavy atom. The number of hydrogen-bond acceptors (Lipinski definition) is 3. The van der Waals surface area contributed by atoms with Crippen LogP contribution < -0.4 is 10.6 Å². The number of hydrogen-bond donors (Lipinski definition) is 2. The Hall–Kier alpha value is -1.09. The Bertz CT molecular complexity index is 389. The minimum atomic E-state index is 0.0575. The molecule has 3 nitrogen and oxygen atoms in total. The molecule has 2 rings (SSSR count). The molecule has 1 saturated carbocycles. The summed E-state index contributed by atoms with van der Waals surface area (Å²) in [5, 5.41) is 6.96. The minimum absolute atomic E-state index is 0.0575. The first-order valence-corrected chi connectivity index (χ1v) is 6.41. The van der Waals surface area contributed by atoms with Gasteiger partial charge in [0.05, 0.1) is 0 Å². The third kappa shape index (κ3) is 4.35. The fourth-order valence-electron chi connectivity index (χ4n) is 1.84. The summed E-state index contributed by atoms with van der Waals surface area (Å²) in [5.41, 5.74) is 2.45. The topological polar surface area (TPSA) is 37.0 Å². The van der Waals surface area contributed by atoms with Gasteiger partial charge in [-0.15, -0.1) is 0 Å². The van der Waals surface area contributed by atoms with Crippen LogP contribution in [-0.2, 0) is 6.54 Å². The predicted molar refractivity (Wildman–Crippen MR) is 72.2 cm³/mol. The van der Waals surface area contributed by atoms with Gasteiger partial charge in [-0.1, -0.05) is 0 Å². The highest BCUT2D eigenvalue weighted by molar-refractivity contribution is 5.41. The lowest BCUT2D eigenvalue weighted by atomic mass is 10.1. The summed E-state index contributed by atoms with van der Waals surface area (Å²) in [6.45, 7) is 9.46. The molecule has 17 heavy (non-hydrogen) atoms. The van der Waals surface area contributed by atoms with Gasteiger partial charge in [0.15, 0.2) is 0 Å². The lowest BCUT2D eigenvalue weighted by Crippen LogP contribution is -2.27. The SMILES string of the molecule is Cc1cc(CNC2CC2)cc(NC(C)(C)C)n1. The van der Waals surface area contributed by atoms with Crippen LogP contribution in [-0.4, -0.2) is 16.6 Å². The quantitative estimate of drug-likeness (QED) is 0.839. The van der Waals surface area contributed by atoms with Crippen LogP contribution >= 0.6 is 0 Å². The number of aromatic nitrogens is 1. The molecule has 0 unspecified atom stereocenters. The maximum atomic E-state index is 4.52. The van der Waals surface area contributed by atoms with Gasteiger partial charge in [0, 0.05) is 23.8 Å². The number of pyridine rings is 1. The van der Waals surface area contributed by atoms with Crippen molar-refractivity contribution in [1.82, 2.24) is 10.3 Å². The summed E-state index contributed by atoms with van der Waals surface area (Å²) >= 11 is 0. The van der Waals surface area contributed by atoms with Crippen LogP contribution in [0.5, 0.6) is 0 Å². The summed E-state index contributed by atoms with van der Waals surface area (Å²) in [4.78, 5) is 4.52. The van der Waals surface area contributed by atoms with E-state index in [2.05, 4.69) is 55.4 Å². The molecule has 1 heterocycles. The van der Waals surface area contributed by atoms with Crippen LogP contribution in [0.2, 0.25) is 0 Å². The zero-order valence-corrected chi connectivity index (χ0v) is 11.3. The highest BCUT2D eigenvalue weighted by atomic mass is 15.0. The molecule has 0 aromatic carbocycles. The Balaban J connectivity index is 2.04. The van der Waals surface area contributed by atoms with Gasteiger partial charge in [-0.2, -0.15) is 0 Å². The summed E-state index contributed by atoms with van der Waals surface area (Å²) in [5.74, 6) is 0.977. The van der Waals surface area contributed by atoms with Crippen molar-refractivity contribution in [1.29, 1.82) is 0 Å². The van der Waals surface area contributed by atoms with E-state index < -0.39 is 0 Å². The van der Waals surface area contributed by atoms with Gasteiger partial charge in [-0.25, -0.2) is 4.98 Å². The van der Waals surface area contributed by atoms with E-state index in [-0.39, 0.29) is 5.54 Å². The molecule has 1 fully saturated rings. The van der Waals surface area contributed by atoms with Crippen molar-refractivity contribution < 1.29 is 0 Å². The van der Waals surface area contributed by atoms with Crippen LogP contribution in [0.15, 0.2) is 12.1 Å². The minimum Gasteiger partial charge on any atom is -0.365 e. The van der Waals surface area contributed by atoms with Crippen LogP contribution in [0.3, 0.4) is 0 Å². The third-order valence-electron chi connectivity index (χ3n) is 2.69. The van der Waals surface area contributed by atoms with Crippen molar-refractivity contribution in [2.45, 2.75) is 58.7 Å². The van der Waals surface area contributed by atoms with Crippen molar-refractivity contribution in [2.24, 2.45) is 0 Å². The first-order chi connectivity index (χ1) is 7.92. The molecule has 2 N–H and O–H groups in total. The van der Waals surface area contributed by atoms with E-state index in [9.17, 15) is 0 Å². The zero-order valence-electron chi connectivity index (χ0n) is 11.3. The average molecular weight is 233 g/mol. The molecular formula is C14H23N3. The fourth-order valence-corrected chi connectivity index (χ4v) is 1.84. The van der Waals surface area contributed by atoms with Crippen LogP contribution in [0.4, 0.5) is 5.82 Å². The summed E-state index contributed by atoms with van der Waals surface area (Å²) < 4.78 is 0. The molecule has 1 aromatic heterocycles. The normalized spacial score (nSPS) is 16.0. The highest BCUT2D eigenvalue weighted by Gasteiger charge is 2.20. The van der Waals surface area contributed by atoms with Gasteiger partial charge >= 0.3 is 0 Å². The van der Waals surface area contributed by atoms with Gasteiger partial charge in [0.1, 0.15) is 5.82 Å². The lowest BCUT2D eigenvalue weighted by Gasteiger charge is -2.22. The van der Waals surface area contributed by atoms with Gasteiger partial charge < -0.3 is 10.6 Å². The summed E-state index contributed by atoms with van der Waals surface area (Å²) in [6.07, 6.45) is 2.66. The van der Waals surface area contributed by atoms with Crippen LogP contribution in [0.25, 0.3) is 0 Å². The molecule has 0 saturated heterocycles. The smallest absolute Gasteiger partial charge is 0.126 e. The Morgan fingerprint density at radius 1 is 1.29 bits per heavy atom. The fraction of sp³-hybridized carbons (Fsp3) is 0.643. The molecule has 94 valence electrons. The van der Waals surface area contributed by atoms with E-state index in [1.165, 1.54) is 18.4 Å². The molecule has 0 atom stereocenters. The molecule has 0 amide bonds. The number of rotatable bonds is 4. The standard InChI is InChI=1S/C14H23N3/c1-10-7-11(9-15-12-5-6-12)8-13(16-10)17-14(2,3)4/h7-8,12,15H,5-6,9H2,1-4H3,(H,16,17). The van der Waals surface area contributed by atoms with Crippen molar-refractivity contribution in [3.05, 3.63) is 23.4 Å².